The third-order valence-corrected chi connectivity index (χ3v) is 4.43. The third-order valence-electron chi connectivity index (χ3n) is 3.21. The Morgan fingerprint density at radius 3 is 2.67 bits per heavy atom. The van der Waals surface area contributed by atoms with Gasteiger partial charge >= 0.3 is 0 Å². The number of nitrogens with zero attached hydrogens (tertiary/aromatic N) is 2. The Morgan fingerprint density at radius 2 is 1.89 bits per heavy atom. The molecule has 0 atom stereocenters. The van der Waals surface area contributed by atoms with Gasteiger partial charge in [-0.3, -0.25) is 4.98 Å². The molecule has 1 aliphatic heterocycles. The maximum atomic E-state index is 4.50. The summed E-state index contributed by atoms with van der Waals surface area (Å²) in [5.74, 6) is 0. The van der Waals surface area contributed by atoms with Crippen LogP contribution in [0.2, 0.25) is 0 Å². The predicted octanol–water partition coefficient (Wildman–Crippen LogP) is 3.17. The molecular formula is C13H13Br2N3. The van der Waals surface area contributed by atoms with Gasteiger partial charge in [-0.2, -0.15) is 0 Å². The molecule has 0 bridgehead atoms. The summed E-state index contributed by atoms with van der Waals surface area (Å²) in [5, 5.41) is 4.58. The Balaban J connectivity index is 2.19. The van der Waals surface area contributed by atoms with Crippen LogP contribution in [-0.4, -0.2) is 31.2 Å². The maximum absolute atomic E-state index is 4.50. The zero-order valence-corrected chi connectivity index (χ0v) is 13.0. The number of fused-ring (bicyclic) bond motifs is 1. The topological polar surface area (TPSA) is 28.2 Å². The molecule has 1 saturated heterocycles. The molecule has 94 valence electrons. The van der Waals surface area contributed by atoms with E-state index in [4.69, 9.17) is 0 Å². The quantitative estimate of drug-likeness (QED) is 0.835. The summed E-state index contributed by atoms with van der Waals surface area (Å²) in [6.45, 7) is 4.13. The zero-order chi connectivity index (χ0) is 12.5. The van der Waals surface area contributed by atoms with E-state index in [-0.39, 0.29) is 0 Å². The molecule has 0 unspecified atom stereocenters. The van der Waals surface area contributed by atoms with Crippen LogP contribution in [-0.2, 0) is 0 Å². The standard InChI is InChI=1S/C13H13Br2N3/c14-10-3-1-2-9-12(10)17-8-11(15)13(9)18-6-4-16-5-7-18/h1-3,8,16H,4-7H2. The van der Waals surface area contributed by atoms with Crippen LogP contribution < -0.4 is 10.2 Å². The first-order valence-corrected chi connectivity index (χ1v) is 7.54. The van der Waals surface area contributed by atoms with E-state index < -0.39 is 0 Å². The zero-order valence-electron chi connectivity index (χ0n) is 9.79. The summed E-state index contributed by atoms with van der Waals surface area (Å²) in [4.78, 5) is 6.91. The van der Waals surface area contributed by atoms with Crippen molar-refractivity contribution < 1.29 is 0 Å². The van der Waals surface area contributed by atoms with E-state index in [1.807, 2.05) is 12.3 Å². The lowest BCUT2D eigenvalue weighted by Gasteiger charge is -2.31. The number of para-hydroxylation sites is 1. The molecule has 2 heterocycles. The van der Waals surface area contributed by atoms with Crippen LogP contribution in [0.3, 0.4) is 0 Å². The van der Waals surface area contributed by atoms with Crippen LogP contribution in [0.15, 0.2) is 33.3 Å². The Labute approximate surface area is 123 Å². The van der Waals surface area contributed by atoms with Gasteiger partial charge in [-0.1, -0.05) is 12.1 Å². The summed E-state index contributed by atoms with van der Waals surface area (Å²) in [6.07, 6.45) is 1.89. The van der Waals surface area contributed by atoms with Crippen molar-refractivity contribution in [1.82, 2.24) is 10.3 Å². The molecule has 3 nitrogen and oxygen atoms in total. The number of hydrogen-bond donors (Lipinski definition) is 1. The van der Waals surface area contributed by atoms with Gasteiger partial charge in [0, 0.05) is 42.2 Å². The van der Waals surface area contributed by atoms with Crippen molar-refractivity contribution in [1.29, 1.82) is 0 Å². The largest absolute Gasteiger partial charge is 0.367 e. The number of halogens is 2. The van der Waals surface area contributed by atoms with E-state index in [0.29, 0.717) is 0 Å². The van der Waals surface area contributed by atoms with Crippen LogP contribution in [0.1, 0.15) is 0 Å². The first-order chi connectivity index (χ1) is 8.77. The van der Waals surface area contributed by atoms with Crippen LogP contribution >= 0.6 is 31.9 Å². The van der Waals surface area contributed by atoms with Gasteiger partial charge < -0.3 is 10.2 Å². The number of aromatic nitrogens is 1. The van der Waals surface area contributed by atoms with Crippen molar-refractivity contribution in [3.8, 4) is 0 Å². The van der Waals surface area contributed by atoms with Crippen molar-refractivity contribution in [2.24, 2.45) is 0 Å². The molecule has 1 aromatic carbocycles. The molecule has 0 radical (unpaired) electrons. The molecule has 1 fully saturated rings. The molecule has 1 N–H and O–H groups in total. The van der Waals surface area contributed by atoms with Crippen molar-refractivity contribution in [2.45, 2.75) is 0 Å². The molecular weight excluding hydrogens is 358 g/mol. The third kappa shape index (κ3) is 2.15. The summed E-state index contributed by atoms with van der Waals surface area (Å²) in [5.41, 5.74) is 2.28. The van der Waals surface area contributed by atoms with E-state index in [0.717, 1.165) is 40.6 Å². The second-order valence-corrected chi connectivity index (χ2v) is 6.04. The van der Waals surface area contributed by atoms with Gasteiger partial charge in [0.05, 0.1) is 15.7 Å². The molecule has 1 aliphatic rings. The summed E-state index contributed by atoms with van der Waals surface area (Å²) >= 11 is 7.21. The highest BCUT2D eigenvalue weighted by molar-refractivity contribution is 9.11. The van der Waals surface area contributed by atoms with E-state index in [2.05, 4.69) is 59.2 Å². The average molecular weight is 371 g/mol. The number of rotatable bonds is 1. The second-order valence-electron chi connectivity index (χ2n) is 4.33. The number of nitrogens with one attached hydrogen (secondary N) is 1. The highest BCUT2D eigenvalue weighted by atomic mass is 79.9. The van der Waals surface area contributed by atoms with E-state index in [1.54, 1.807) is 0 Å². The van der Waals surface area contributed by atoms with Gasteiger partial charge in [0.15, 0.2) is 0 Å². The van der Waals surface area contributed by atoms with Crippen molar-refractivity contribution in [2.75, 3.05) is 31.1 Å². The van der Waals surface area contributed by atoms with Crippen molar-refractivity contribution in [3.05, 3.63) is 33.3 Å². The number of hydrogen-bond acceptors (Lipinski definition) is 3. The van der Waals surface area contributed by atoms with E-state index >= 15 is 0 Å². The minimum atomic E-state index is 1.02. The molecule has 0 amide bonds. The lowest BCUT2D eigenvalue weighted by molar-refractivity contribution is 0.589. The number of pyridine rings is 1. The van der Waals surface area contributed by atoms with Crippen LogP contribution in [0.25, 0.3) is 10.9 Å². The first kappa shape index (κ1) is 12.4. The van der Waals surface area contributed by atoms with Gasteiger partial charge in [0.25, 0.3) is 0 Å². The average Bonchev–Trinajstić information content (AvgIpc) is 2.40. The molecule has 3 rings (SSSR count). The molecule has 0 spiro atoms. The van der Waals surface area contributed by atoms with Gasteiger partial charge in [-0.05, 0) is 37.9 Å². The number of piperazine rings is 1. The summed E-state index contributed by atoms with van der Waals surface area (Å²) < 4.78 is 2.11. The predicted molar refractivity (Wildman–Crippen MR) is 82.2 cm³/mol. The summed E-state index contributed by atoms with van der Waals surface area (Å²) in [7, 11) is 0. The molecule has 5 heteroatoms. The lowest BCUT2D eigenvalue weighted by Crippen LogP contribution is -2.43. The van der Waals surface area contributed by atoms with Crippen molar-refractivity contribution >= 4 is 48.5 Å². The fourth-order valence-corrected chi connectivity index (χ4v) is 3.39. The first-order valence-electron chi connectivity index (χ1n) is 5.96. The van der Waals surface area contributed by atoms with Crippen molar-refractivity contribution in [3.63, 3.8) is 0 Å². The highest BCUT2D eigenvalue weighted by Crippen LogP contribution is 2.35. The highest BCUT2D eigenvalue weighted by Gasteiger charge is 2.17. The lowest BCUT2D eigenvalue weighted by atomic mass is 10.1. The van der Waals surface area contributed by atoms with Crippen LogP contribution in [0.4, 0.5) is 5.69 Å². The van der Waals surface area contributed by atoms with E-state index in [1.165, 1.54) is 11.1 Å². The van der Waals surface area contributed by atoms with Gasteiger partial charge in [0.2, 0.25) is 0 Å². The fraction of sp³-hybridized carbons (Fsp3) is 0.308. The van der Waals surface area contributed by atoms with Gasteiger partial charge in [-0.25, -0.2) is 0 Å². The van der Waals surface area contributed by atoms with Crippen LogP contribution in [0.5, 0.6) is 0 Å². The molecule has 2 aromatic rings. The smallest absolute Gasteiger partial charge is 0.0865 e. The SMILES string of the molecule is Brc1cnc2c(Br)cccc2c1N1CCNCC1. The molecule has 0 aliphatic carbocycles. The molecule has 18 heavy (non-hydrogen) atoms. The number of anilines is 1. The Morgan fingerprint density at radius 1 is 1.11 bits per heavy atom. The normalized spacial score (nSPS) is 16.2. The van der Waals surface area contributed by atoms with Gasteiger partial charge in [0.1, 0.15) is 0 Å². The second kappa shape index (κ2) is 5.15. The Kier molecular flexibility index (Phi) is 3.54. The fourth-order valence-electron chi connectivity index (χ4n) is 2.36. The van der Waals surface area contributed by atoms with E-state index in [9.17, 15) is 0 Å². The molecule has 0 saturated carbocycles. The maximum Gasteiger partial charge on any atom is 0.0865 e. The minimum Gasteiger partial charge on any atom is -0.367 e. The Hall–Kier alpha value is -0.650. The summed E-state index contributed by atoms with van der Waals surface area (Å²) in [6, 6.07) is 6.23. The monoisotopic (exact) mass is 369 g/mol. The minimum absolute atomic E-state index is 1.02. The molecule has 1 aromatic heterocycles. The Bertz CT molecular complexity index is 580. The van der Waals surface area contributed by atoms with Gasteiger partial charge in [-0.15, -0.1) is 0 Å². The van der Waals surface area contributed by atoms with Crippen LogP contribution in [0, 0.1) is 0 Å². The number of benzene rings is 1.